The molecule has 0 aromatic heterocycles. The average Bonchev–Trinajstić information content (AvgIpc) is 2.72. The molecule has 1 unspecified atom stereocenters. The van der Waals surface area contributed by atoms with Gasteiger partial charge in [-0.3, -0.25) is 4.79 Å². The van der Waals surface area contributed by atoms with Crippen LogP contribution in [0.5, 0.6) is 0 Å². The molecule has 0 saturated carbocycles. The van der Waals surface area contributed by atoms with Gasteiger partial charge in [0.25, 0.3) is 5.91 Å². The molecule has 0 radical (unpaired) electrons. The van der Waals surface area contributed by atoms with E-state index in [0.717, 1.165) is 38.2 Å². The van der Waals surface area contributed by atoms with Crippen molar-refractivity contribution in [2.75, 3.05) is 38.3 Å². The maximum absolute atomic E-state index is 13.3. The molecule has 0 aliphatic carbocycles. The summed E-state index contributed by atoms with van der Waals surface area (Å²) in [4.78, 5) is 16.9. The number of ether oxygens (including phenoxy) is 1. The molecule has 1 atom stereocenters. The predicted octanol–water partition coefficient (Wildman–Crippen LogP) is 4.50. The Morgan fingerprint density at radius 1 is 1.14 bits per heavy atom. The van der Waals surface area contributed by atoms with E-state index in [4.69, 9.17) is 4.74 Å². The Morgan fingerprint density at radius 3 is 2.34 bits per heavy atom. The first-order valence-corrected chi connectivity index (χ1v) is 9.92. The zero-order valence-electron chi connectivity index (χ0n) is 17.1. The Kier molecular flexibility index (Phi) is 9.08. The van der Waals surface area contributed by atoms with Crippen molar-refractivity contribution in [2.24, 2.45) is 0 Å². The lowest BCUT2D eigenvalue weighted by Gasteiger charge is -2.39. The third-order valence-corrected chi connectivity index (χ3v) is 5.46. The molecule has 2 aromatic carbocycles. The summed E-state index contributed by atoms with van der Waals surface area (Å²) >= 11 is 0. The zero-order valence-corrected chi connectivity index (χ0v) is 17.9. The van der Waals surface area contributed by atoms with E-state index >= 15 is 0 Å². The summed E-state index contributed by atoms with van der Waals surface area (Å²) in [5, 5.41) is 0. The normalized spacial score (nSPS) is 16.1. The van der Waals surface area contributed by atoms with Gasteiger partial charge in [0.2, 0.25) is 0 Å². The van der Waals surface area contributed by atoms with Gasteiger partial charge in [-0.1, -0.05) is 37.3 Å². The van der Waals surface area contributed by atoms with Gasteiger partial charge in [0.15, 0.2) is 0 Å². The number of nitrogens with zero attached hydrogens (tertiary/aromatic N) is 2. The van der Waals surface area contributed by atoms with Crippen molar-refractivity contribution in [3.05, 3.63) is 66.0 Å². The molecule has 1 aliphatic heterocycles. The van der Waals surface area contributed by atoms with Crippen LogP contribution in [0.4, 0.5) is 10.1 Å². The van der Waals surface area contributed by atoms with E-state index in [0.29, 0.717) is 5.92 Å². The third kappa shape index (κ3) is 6.26. The van der Waals surface area contributed by atoms with E-state index in [2.05, 4.69) is 36.1 Å². The fraction of sp³-hybridized carbons (Fsp3) is 0.435. The number of methoxy groups -OCH3 is 1. The standard InChI is InChI=1S/C23H29FN2O2.ClH/c1-18(19-6-4-3-5-7-19)16-25-14-12-22(13-15-25)26(23(27)17-28-2)21-10-8-20(24)9-11-21;/h3-11,18,22H,12-17H2,1-2H3;1H. The molecular weight excluding hydrogens is 391 g/mol. The van der Waals surface area contributed by atoms with E-state index < -0.39 is 0 Å². The summed E-state index contributed by atoms with van der Waals surface area (Å²) in [6.45, 7) is 5.19. The lowest BCUT2D eigenvalue weighted by Crippen LogP contribution is -2.49. The number of rotatable bonds is 7. The minimum Gasteiger partial charge on any atom is -0.375 e. The fourth-order valence-corrected chi connectivity index (χ4v) is 3.99. The Hall–Kier alpha value is -1.95. The van der Waals surface area contributed by atoms with Crippen LogP contribution in [0.25, 0.3) is 0 Å². The first-order valence-electron chi connectivity index (χ1n) is 9.92. The number of amides is 1. The number of carbonyl (C=O) groups excluding carboxylic acids is 1. The maximum Gasteiger partial charge on any atom is 0.253 e. The number of carbonyl (C=O) groups is 1. The van der Waals surface area contributed by atoms with Crippen LogP contribution in [0.2, 0.25) is 0 Å². The Balaban J connectivity index is 0.00000300. The smallest absolute Gasteiger partial charge is 0.253 e. The van der Waals surface area contributed by atoms with Gasteiger partial charge >= 0.3 is 0 Å². The monoisotopic (exact) mass is 420 g/mol. The van der Waals surface area contributed by atoms with Crippen LogP contribution in [-0.4, -0.2) is 50.2 Å². The highest BCUT2D eigenvalue weighted by Gasteiger charge is 2.29. The van der Waals surface area contributed by atoms with Crippen molar-refractivity contribution >= 4 is 24.0 Å². The van der Waals surface area contributed by atoms with Gasteiger partial charge in [0, 0.05) is 38.5 Å². The number of hydrogen-bond donors (Lipinski definition) is 0. The van der Waals surface area contributed by atoms with E-state index in [1.165, 1.54) is 24.8 Å². The lowest BCUT2D eigenvalue weighted by atomic mass is 9.97. The molecule has 1 fully saturated rings. The predicted molar refractivity (Wildman–Crippen MR) is 117 cm³/mol. The van der Waals surface area contributed by atoms with Crippen molar-refractivity contribution in [2.45, 2.75) is 31.7 Å². The molecule has 0 N–H and O–H groups in total. The maximum atomic E-state index is 13.3. The average molecular weight is 421 g/mol. The van der Waals surface area contributed by atoms with Crippen LogP contribution in [-0.2, 0) is 9.53 Å². The number of piperidine rings is 1. The second-order valence-corrected chi connectivity index (χ2v) is 7.52. The third-order valence-electron chi connectivity index (χ3n) is 5.46. The molecule has 1 saturated heterocycles. The summed E-state index contributed by atoms with van der Waals surface area (Å²) in [7, 11) is 1.52. The fourth-order valence-electron chi connectivity index (χ4n) is 3.99. The van der Waals surface area contributed by atoms with Gasteiger partial charge in [-0.2, -0.15) is 0 Å². The molecule has 6 heteroatoms. The summed E-state index contributed by atoms with van der Waals surface area (Å²) in [5.74, 6) is 0.0962. The Morgan fingerprint density at radius 2 is 1.76 bits per heavy atom. The summed E-state index contributed by atoms with van der Waals surface area (Å²) < 4.78 is 18.4. The molecule has 1 heterocycles. The van der Waals surface area contributed by atoms with Gasteiger partial charge in [-0.05, 0) is 48.6 Å². The van der Waals surface area contributed by atoms with Crippen LogP contribution in [0, 0.1) is 5.82 Å². The zero-order chi connectivity index (χ0) is 19.9. The largest absolute Gasteiger partial charge is 0.375 e. The topological polar surface area (TPSA) is 32.8 Å². The molecule has 29 heavy (non-hydrogen) atoms. The van der Waals surface area contributed by atoms with Gasteiger partial charge in [0.05, 0.1) is 0 Å². The number of benzene rings is 2. The van der Waals surface area contributed by atoms with Gasteiger partial charge in [-0.15, -0.1) is 12.4 Å². The van der Waals surface area contributed by atoms with Crippen molar-refractivity contribution in [1.29, 1.82) is 0 Å². The van der Waals surface area contributed by atoms with Crippen molar-refractivity contribution in [3.8, 4) is 0 Å². The quantitative estimate of drug-likeness (QED) is 0.661. The highest BCUT2D eigenvalue weighted by atomic mass is 35.5. The first-order chi connectivity index (χ1) is 13.6. The minimum atomic E-state index is -0.299. The van der Waals surface area contributed by atoms with Crippen LogP contribution < -0.4 is 4.90 Å². The first kappa shape index (κ1) is 23.3. The Labute approximate surface area is 179 Å². The van der Waals surface area contributed by atoms with E-state index in [1.807, 2.05) is 6.07 Å². The van der Waals surface area contributed by atoms with Crippen molar-refractivity contribution in [1.82, 2.24) is 4.90 Å². The van der Waals surface area contributed by atoms with Crippen LogP contribution >= 0.6 is 12.4 Å². The molecule has 0 bridgehead atoms. The van der Waals surface area contributed by atoms with Gasteiger partial charge in [-0.25, -0.2) is 4.39 Å². The summed E-state index contributed by atoms with van der Waals surface area (Å²) in [5.41, 5.74) is 2.09. The Bertz CT molecular complexity index is 749. The molecule has 1 amide bonds. The van der Waals surface area contributed by atoms with Gasteiger partial charge < -0.3 is 14.5 Å². The van der Waals surface area contributed by atoms with Crippen molar-refractivity contribution < 1.29 is 13.9 Å². The molecular formula is C23H30ClFN2O2. The molecule has 3 rings (SSSR count). The van der Waals surface area contributed by atoms with E-state index in [9.17, 15) is 9.18 Å². The lowest BCUT2D eigenvalue weighted by molar-refractivity contribution is -0.122. The number of hydrogen-bond acceptors (Lipinski definition) is 3. The van der Waals surface area contributed by atoms with Crippen LogP contribution in [0.15, 0.2) is 54.6 Å². The number of halogens is 2. The second-order valence-electron chi connectivity index (χ2n) is 7.52. The van der Waals surface area contributed by atoms with Crippen LogP contribution in [0.1, 0.15) is 31.2 Å². The number of likely N-dealkylation sites (tertiary alicyclic amines) is 1. The van der Waals surface area contributed by atoms with Crippen LogP contribution in [0.3, 0.4) is 0 Å². The minimum absolute atomic E-state index is 0. The van der Waals surface area contributed by atoms with E-state index in [-0.39, 0.29) is 36.8 Å². The molecule has 1 aliphatic rings. The molecule has 0 spiro atoms. The van der Waals surface area contributed by atoms with Crippen molar-refractivity contribution in [3.63, 3.8) is 0 Å². The van der Waals surface area contributed by atoms with Gasteiger partial charge in [0.1, 0.15) is 12.4 Å². The summed E-state index contributed by atoms with van der Waals surface area (Å²) in [6, 6.07) is 16.8. The summed E-state index contributed by atoms with van der Waals surface area (Å²) in [6.07, 6.45) is 1.79. The highest BCUT2D eigenvalue weighted by Crippen LogP contribution is 2.26. The molecule has 4 nitrogen and oxygen atoms in total. The second kappa shape index (κ2) is 11.3. The SMILES string of the molecule is COCC(=O)N(c1ccc(F)cc1)C1CCN(CC(C)c2ccccc2)CC1.Cl. The van der Waals surface area contributed by atoms with E-state index in [1.54, 1.807) is 17.0 Å². The molecule has 2 aromatic rings. The highest BCUT2D eigenvalue weighted by molar-refractivity contribution is 5.94. The number of anilines is 1. The molecule has 158 valence electrons.